The first-order valence-electron chi connectivity index (χ1n) is 9.34. The third kappa shape index (κ3) is 7.06. The lowest BCUT2D eigenvalue weighted by Crippen LogP contribution is -2.52. The van der Waals surface area contributed by atoms with Crippen molar-refractivity contribution in [2.24, 2.45) is 0 Å². The topological polar surface area (TPSA) is 87.2 Å². The van der Waals surface area contributed by atoms with Gasteiger partial charge in [-0.1, -0.05) is 0 Å². The average molecular weight is 434 g/mol. The van der Waals surface area contributed by atoms with Gasteiger partial charge in [-0.2, -0.15) is 24.9 Å². The smallest absolute Gasteiger partial charge is 0.356 e. The predicted molar refractivity (Wildman–Crippen MR) is 106 cm³/mol. The number of aryl methyl sites for hydroxylation is 1. The van der Waals surface area contributed by atoms with Crippen molar-refractivity contribution in [3.63, 3.8) is 0 Å². The van der Waals surface area contributed by atoms with E-state index in [1.54, 1.807) is 16.7 Å². The minimum Gasteiger partial charge on any atom is -0.356 e. The van der Waals surface area contributed by atoms with Crippen LogP contribution in [0.25, 0.3) is 0 Å². The molecule has 0 aliphatic carbocycles. The van der Waals surface area contributed by atoms with Gasteiger partial charge in [0.1, 0.15) is 23.4 Å². The average Bonchev–Trinajstić information content (AvgIpc) is 2.64. The summed E-state index contributed by atoms with van der Waals surface area (Å²) in [6.07, 6.45) is -0.912. The Morgan fingerprint density at radius 2 is 1.97 bits per heavy atom. The molecule has 1 unspecified atom stereocenters. The van der Waals surface area contributed by atoms with E-state index in [2.05, 4.69) is 20.6 Å². The second-order valence-electron chi connectivity index (χ2n) is 6.96. The molecule has 0 aromatic carbocycles. The van der Waals surface area contributed by atoms with Gasteiger partial charge in [-0.25, -0.2) is 9.97 Å². The number of anilines is 1. The number of carbonyl (C=O) groups is 2. The second-order valence-corrected chi connectivity index (χ2v) is 7.95. The maximum absolute atomic E-state index is 13.0. The number of piperidine rings is 1. The molecule has 1 aliphatic rings. The van der Waals surface area contributed by atoms with Crippen molar-refractivity contribution in [1.82, 2.24) is 20.6 Å². The molecule has 0 radical (unpaired) electrons. The lowest BCUT2D eigenvalue weighted by molar-refractivity contribution is -0.141. The van der Waals surface area contributed by atoms with Gasteiger partial charge in [-0.05, 0) is 38.2 Å². The first kappa shape index (κ1) is 23.2. The van der Waals surface area contributed by atoms with Crippen LogP contribution < -0.4 is 15.5 Å². The van der Waals surface area contributed by atoms with Crippen LogP contribution in [0.15, 0.2) is 6.07 Å². The van der Waals surface area contributed by atoms with Gasteiger partial charge in [0.25, 0.3) is 0 Å². The number of nitrogens with zero attached hydrogens (tertiary/aromatic N) is 3. The number of carbonyl (C=O) groups excluding carboxylic acids is 2. The fraction of sp³-hybridized carbons (Fsp3) is 0.667. The third-order valence-electron chi connectivity index (χ3n) is 4.58. The Morgan fingerprint density at radius 3 is 2.52 bits per heavy atom. The maximum Gasteiger partial charge on any atom is 0.433 e. The van der Waals surface area contributed by atoms with Crippen LogP contribution in [0.2, 0.25) is 0 Å². The van der Waals surface area contributed by atoms with Crippen molar-refractivity contribution in [3.8, 4) is 0 Å². The monoisotopic (exact) mass is 433 g/mol. The molecule has 1 fully saturated rings. The Labute approximate surface area is 172 Å². The van der Waals surface area contributed by atoms with Crippen LogP contribution in [0.3, 0.4) is 0 Å². The zero-order chi connectivity index (χ0) is 21.6. The van der Waals surface area contributed by atoms with Gasteiger partial charge in [0, 0.05) is 32.1 Å². The number of hydrogen-bond donors (Lipinski definition) is 2. The number of amides is 2. The van der Waals surface area contributed by atoms with Crippen LogP contribution in [0.4, 0.5) is 19.0 Å². The molecule has 11 heteroatoms. The molecule has 29 heavy (non-hydrogen) atoms. The summed E-state index contributed by atoms with van der Waals surface area (Å²) in [5, 5.41) is 5.62. The van der Waals surface area contributed by atoms with E-state index in [1.165, 1.54) is 13.8 Å². The van der Waals surface area contributed by atoms with E-state index < -0.39 is 17.9 Å². The number of nitrogens with one attached hydrogen (secondary N) is 2. The quantitative estimate of drug-likeness (QED) is 0.685. The van der Waals surface area contributed by atoms with Crippen molar-refractivity contribution in [3.05, 3.63) is 17.6 Å². The minimum atomic E-state index is -4.52. The normalized spacial score (nSPS) is 16.4. The van der Waals surface area contributed by atoms with Crippen LogP contribution >= 0.6 is 11.8 Å². The molecule has 2 amide bonds. The van der Waals surface area contributed by atoms with Crippen LogP contribution in [-0.4, -0.2) is 59.0 Å². The van der Waals surface area contributed by atoms with Crippen molar-refractivity contribution in [1.29, 1.82) is 0 Å². The van der Waals surface area contributed by atoms with E-state index in [-0.39, 0.29) is 29.5 Å². The minimum absolute atomic E-state index is 0.0668. The zero-order valence-corrected chi connectivity index (χ0v) is 17.5. The number of hydrogen-bond acceptors (Lipinski definition) is 6. The Bertz CT molecular complexity index is 724. The third-order valence-corrected chi connectivity index (χ3v) is 5.23. The van der Waals surface area contributed by atoms with Gasteiger partial charge in [0.05, 0.1) is 0 Å². The molecule has 0 spiro atoms. The largest absolute Gasteiger partial charge is 0.433 e. The highest BCUT2D eigenvalue weighted by Crippen LogP contribution is 2.30. The number of halogens is 3. The molecular formula is C18H26F3N5O2S. The molecule has 2 N–H and O–H groups in total. The molecule has 0 saturated carbocycles. The summed E-state index contributed by atoms with van der Waals surface area (Å²) in [6.45, 7) is 3.74. The SMILES string of the molecule is CSCCC(NC(C)=O)C(=O)NC1CCN(c2cc(C(F)(F)F)nc(C)n2)CC1. The lowest BCUT2D eigenvalue weighted by Gasteiger charge is -2.34. The fourth-order valence-corrected chi connectivity index (χ4v) is 3.64. The molecule has 1 saturated heterocycles. The van der Waals surface area contributed by atoms with Gasteiger partial charge in [-0.3, -0.25) is 9.59 Å². The highest BCUT2D eigenvalue weighted by atomic mass is 32.2. The lowest BCUT2D eigenvalue weighted by atomic mass is 10.0. The van der Waals surface area contributed by atoms with E-state index in [9.17, 15) is 22.8 Å². The molecule has 1 aromatic heterocycles. The highest BCUT2D eigenvalue weighted by molar-refractivity contribution is 7.98. The first-order chi connectivity index (χ1) is 13.6. The van der Waals surface area contributed by atoms with Gasteiger partial charge in [0.2, 0.25) is 11.8 Å². The molecular weight excluding hydrogens is 407 g/mol. The van der Waals surface area contributed by atoms with Gasteiger partial charge < -0.3 is 15.5 Å². The van der Waals surface area contributed by atoms with Gasteiger partial charge in [-0.15, -0.1) is 0 Å². The van der Waals surface area contributed by atoms with Crippen LogP contribution in [0, 0.1) is 6.92 Å². The number of thioether (sulfide) groups is 1. The van der Waals surface area contributed by atoms with E-state index in [1.807, 2.05) is 6.26 Å². The molecule has 2 heterocycles. The van der Waals surface area contributed by atoms with Crippen LogP contribution in [-0.2, 0) is 15.8 Å². The van der Waals surface area contributed by atoms with Crippen molar-refractivity contribution in [2.45, 2.75) is 51.4 Å². The summed E-state index contributed by atoms with van der Waals surface area (Å²) < 4.78 is 39.0. The Kier molecular flexibility index (Phi) is 8.12. The molecule has 2 rings (SSSR count). The highest BCUT2D eigenvalue weighted by Gasteiger charge is 2.34. The summed E-state index contributed by atoms with van der Waals surface area (Å²) in [7, 11) is 0. The molecule has 1 aliphatic heterocycles. The number of alkyl halides is 3. The Hall–Kier alpha value is -2.04. The van der Waals surface area contributed by atoms with E-state index in [0.29, 0.717) is 32.4 Å². The number of rotatable bonds is 7. The van der Waals surface area contributed by atoms with Crippen LogP contribution in [0.1, 0.15) is 37.7 Å². The fourth-order valence-electron chi connectivity index (χ4n) is 3.16. The standard InChI is InChI=1S/C18H26F3N5O2S/c1-11-22-15(18(19,20)21)10-16(23-11)26-7-4-13(5-8-26)25-17(28)14(6-9-29-3)24-12(2)27/h10,13-14H,4-9H2,1-3H3,(H,24,27)(H,25,28). The maximum atomic E-state index is 13.0. The van der Waals surface area contributed by atoms with Crippen molar-refractivity contribution in [2.75, 3.05) is 30.0 Å². The molecule has 1 aromatic rings. The molecule has 1 atom stereocenters. The Morgan fingerprint density at radius 1 is 1.31 bits per heavy atom. The summed E-state index contributed by atoms with van der Waals surface area (Å²) in [5.74, 6) is 0.555. The Balaban J connectivity index is 1.95. The zero-order valence-electron chi connectivity index (χ0n) is 16.7. The van der Waals surface area contributed by atoms with Gasteiger partial charge >= 0.3 is 6.18 Å². The summed E-state index contributed by atoms with van der Waals surface area (Å²) in [4.78, 5) is 33.2. The first-order valence-corrected chi connectivity index (χ1v) is 10.7. The summed E-state index contributed by atoms with van der Waals surface area (Å²) >= 11 is 1.59. The second kappa shape index (κ2) is 10.1. The van der Waals surface area contributed by atoms with Crippen LogP contribution in [0.5, 0.6) is 0 Å². The summed E-state index contributed by atoms with van der Waals surface area (Å²) in [6, 6.07) is 0.271. The van der Waals surface area contributed by atoms with E-state index in [4.69, 9.17) is 0 Å². The summed E-state index contributed by atoms with van der Waals surface area (Å²) in [5.41, 5.74) is -0.956. The number of aromatic nitrogens is 2. The van der Waals surface area contributed by atoms with E-state index >= 15 is 0 Å². The van der Waals surface area contributed by atoms with Gasteiger partial charge in [0.15, 0.2) is 0 Å². The predicted octanol–water partition coefficient (Wildman–Crippen LogP) is 2.15. The van der Waals surface area contributed by atoms with E-state index in [0.717, 1.165) is 11.8 Å². The van der Waals surface area contributed by atoms with Crippen molar-refractivity contribution < 1.29 is 22.8 Å². The molecule has 162 valence electrons. The molecule has 7 nitrogen and oxygen atoms in total. The van der Waals surface area contributed by atoms with Crippen molar-refractivity contribution >= 4 is 29.4 Å². The molecule has 0 bridgehead atoms.